The normalized spacial score (nSPS) is 42.4. The van der Waals surface area contributed by atoms with Crippen LogP contribution in [0.2, 0.25) is 0 Å². The van der Waals surface area contributed by atoms with Crippen LogP contribution < -0.4 is 0 Å². The zero-order valence-electron chi connectivity index (χ0n) is 6.03. The predicted octanol–water partition coefficient (Wildman–Crippen LogP) is -0.0625. The zero-order chi connectivity index (χ0) is 7.84. The average Bonchev–Trinajstić information content (AvgIpc) is 2.57. The van der Waals surface area contributed by atoms with E-state index in [0.717, 1.165) is 0 Å². The van der Waals surface area contributed by atoms with E-state index in [2.05, 4.69) is 0 Å². The molecule has 0 aromatic rings. The van der Waals surface area contributed by atoms with E-state index >= 15 is 0 Å². The van der Waals surface area contributed by atoms with Gasteiger partial charge in [0.05, 0.1) is 19.1 Å². The molecule has 0 radical (unpaired) electrons. The SMILES string of the molecule is O=C(O)C1[C@H]2COCOC[C@@H]12. The highest BCUT2D eigenvalue weighted by molar-refractivity contribution is 5.74. The maximum atomic E-state index is 10.5. The van der Waals surface area contributed by atoms with Crippen LogP contribution in [0.5, 0.6) is 0 Å². The van der Waals surface area contributed by atoms with Crippen molar-refractivity contribution in [2.45, 2.75) is 0 Å². The van der Waals surface area contributed by atoms with Gasteiger partial charge in [-0.1, -0.05) is 0 Å². The third-order valence-electron chi connectivity index (χ3n) is 2.40. The van der Waals surface area contributed by atoms with Gasteiger partial charge in [0.1, 0.15) is 6.79 Å². The van der Waals surface area contributed by atoms with E-state index in [1.807, 2.05) is 0 Å². The Labute approximate surface area is 64.1 Å². The fourth-order valence-electron chi connectivity index (χ4n) is 1.69. The number of carboxylic acids is 1. The van der Waals surface area contributed by atoms with Crippen molar-refractivity contribution in [3.8, 4) is 0 Å². The van der Waals surface area contributed by atoms with E-state index < -0.39 is 5.97 Å². The van der Waals surface area contributed by atoms with Crippen molar-refractivity contribution in [3.63, 3.8) is 0 Å². The molecule has 4 heteroatoms. The second kappa shape index (κ2) is 2.46. The van der Waals surface area contributed by atoms with Crippen molar-refractivity contribution in [1.82, 2.24) is 0 Å². The fraction of sp³-hybridized carbons (Fsp3) is 0.857. The highest BCUT2D eigenvalue weighted by Gasteiger charge is 2.55. The Morgan fingerprint density at radius 3 is 2.27 bits per heavy atom. The Morgan fingerprint density at radius 1 is 1.27 bits per heavy atom. The summed E-state index contributed by atoms with van der Waals surface area (Å²) in [5, 5.41) is 8.66. The molecule has 0 aromatic carbocycles. The fourth-order valence-corrected chi connectivity index (χ4v) is 1.69. The van der Waals surface area contributed by atoms with Gasteiger partial charge in [-0.2, -0.15) is 0 Å². The van der Waals surface area contributed by atoms with Crippen LogP contribution >= 0.6 is 0 Å². The minimum Gasteiger partial charge on any atom is -0.481 e. The molecule has 1 heterocycles. The number of carboxylic acid groups (broad SMARTS) is 1. The van der Waals surface area contributed by atoms with Gasteiger partial charge >= 0.3 is 5.97 Å². The van der Waals surface area contributed by atoms with Gasteiger partial charge in [-0.25, -0.2) is 0 Å². The highest BCUT2D eigenvalue weighted by atomic mass is 16.7. The number of aliphatic carboxylic acids is 1. The van der Waals surface area contributed by atoms with Gasteiger partial charge < -0.3 is 14.6 Å². The molecule has 1 aliphatic carbocycles. The summed E-state index contributed by atoms with van der Waals surface area (Å²) in [6.45, 7) is 1.41. The first kappa shape index (κ1) is 7.06. The summed E-state index contributed by atoms with van der Waals surface area (Å²) >= 11 is 0. The molecule has 3 atom stereocenters. The van der Waals surface area contributed by atoms with E-state index in [4.69, 9.17) is 14.6 Å². The predicted molar refractivity (Wildman–Crippen MR) is 34.9 cm³/mol. The summed E-state index contributed by atoms with van der Waals surface area (Å²) in [6.07, 6.45) is 0. The third-order valence-corrected chi connectivity index (χ3v) is 2.40. The lowest BCUT2D eigenvalue weighted by molar-refractivity contribution is -0.140. The summed E-state index contributed by atoms with van der Waals surface area (Å²) in [6, 6.07) is 0. The standard InChI is InChI=1S/C7H10O4/c8-7(9)6-4-1-10-3-11-2-5(4)6/h4-6H,1-3H2,(H,8,9)/t4-,5+,6?. The van der Waals surface area contributed by atoms with E-state index in [-0.39, 0.29) is 17.8 Å². The average molecular weight is 158 g/mol. The number of hydrogen-bond donors (Lipinski definition) is 1. The van der Waals surface area contributed by atoms with Gasteiger partial charge in [-0.05, 0) is 0 Å². The topological polar surface area (TPSA) is 55.8 Å². The Morgan fingerprint density at radius 2 is 1.82 bits per heavy atom. The molecule has 4 nitrogen and oxygen atoms in total. The maximum Gasteiger partial charge on any atom is 0.307 e. The smallest absolute Gasteiger partial charge is 0.307 e. The quantitative estimate of drug-likeness (QED) is 0.580. The monoisotopic (exact) mass is 158 g/mol. The molecule has 2 fully saturated rings. The van der Waals surface area contributed by atoms with Gasteiger partial charge in [0, 0.05) is 11.8 Å². The Hall–Kier alpha value is -0.610. The van der Waals surface area contributed by atoms with E-state index in [9.17, 15) is 4.79 Å². The van der Waals surface area contributed by atoms with Crippen LogP contribution in [0.25, 0.3) is 0 Å². The first-order valence-electron chi connectivity index (χ1n) is 3.69. The lowest BCUT2D eigenvalue weighted by Gasteiger charge is -2.00. The van der Waals surface area contributed by atoms with Gasteiger partial charge in [0.15, 0.2) is 0 Å². The first-order valence-corrected chi connectivity index (χ1v) is 3.69. The van der Waals surface area contributed by atoms with E-state index in [0.29, 0.717) is 20.0 Å². The van der Waals surface area contributed by atoms with Gasteiger partial charge in [-0.15, -0.1) is 0 Å². The highest BCUT2D eigenvalue weighted by Crippen LogP contribution is 2.47. The summed E-state index contributed by atoms with van der Waals surface area (Å²) in [4.78, 5) is 10.5. The molecule has 1 N–H and O–H groups in total. The Bertz CT molecular complexity index is 167. The first-order chi connectivity index (χ1) is 5.30. The molecule has 1 aliphatic heterocycles. The molecule has 0 amide bonds. The molecule has 1 saturated heterocycles. The van der Waals surface area contributed by atoms with Crippen molar-refractivity contribution in [3.05, 3.63) is 0 Å². The van der Waals surface area contributed by atoms with Crippen molar-refractivity contribution in [1.29, 1.82) is 0 Å². The molecule has 2 aliphatic rings. The van der Waals surface area contributed by atoms with Crippen molar-refractivity contribution in [2.75, 3.05) is 20.0 Å². The maximum absolute atomic E-state index is 10.5. The number of carbonyl (C=O) groups is 1. The molecule has 11 heavy (non-hydrogen) atoms. The van der Waals surface area contributed by atoms with Crippen LogP contribution in [0.3, 0.4) is 0 Å². The molecular weight excluding hydrogens is 148 g/mol. The molecule has 2 rings (SSSR count). The van der Waals surface area contributed by atoms with Crippen molar-refractivity contribution in [2.24, 2.45) is 17.8 Å². The molecule has 0 bridgehead atoms. The van der Waals surface area contributed by atoms with E-state index in [1.165, 1.54) is 0 Å². The van der Waals surface area contributed by atoms with Crippen LogP contribution in [0.4, 0.5) is 0 Å². The van der Waals surface area contributed by atoms with Crippen LogP contribution in [0.15, 0.2) is 0 Å². The molecule has 0 aromatic heterocycles. The third kappa shape index (κ3) is 1.12. The van der Waals surface area contributed by atoms with Gasteiger partial charge in [0.25, 0.3) is 0 Å². The van der Waals surface area contributed by atoms with Gasteiger partial charge in [0.2, 0.25) is 0 Å². The molecule has 1 saturated carbocycles. The summed E-state index contributed by atoms with van der Waals surface area (Å²) in [5.41, 5.74) is 0. The largest absolute Gasteiger partial charge is 0.481 e. The number of rotatable bonds is 1. The minimum absolute atomic E-state index is 0.204. The minimum atomic E-state index is -0.714. The zero-order valence-corrected chi connectivity index (χ0v) is 6.03. The molecule has 62 valence electrons. The van der Waals surface area contributed by atoms with Gasteiger partial charge in [-0.3, -0.25) is 4.79 Å². The second-order valence-electron chi connectivity index (χ2n) is 3.05. The van der Waals surface area contributed by atoms with Crippen molar-refractivity contribution >= 4 is 5.97 Å². The van der Waals surface area contributed by atoms with Crippen LogP contribution in [-0.2, 0) is 14.3 Å². The number of fused-ring (bicyclic) bond motifs is 1. The summed E-state index contributed by atoms with van der Waals surface area (Å²) < 4.78 is 10.1. The van der Waals surface area contributed by atoms with Crippen LogP contribution in [0, 0.1) is 17.8 Å². The number of hydrogen-bond acceptors (Lipinski definition) is 3. The molecule has 1 unspecified atom stereocenters. The lowest BCUT2D eigenvalue weighted by Crippen LogP contribution is -2.08. The Kier molecular flexibility index (Phi) is 1.58. The van der Waals surface area contributed by atoms with Crippen LogP contribution in [-0.4, -0.2) is 31.1 Å². The Balaban J connectivity index is 1.96. The van der Waals surface area contributed by atoms with E-state index in [1.54, 1.807) is 0 Å². The summed E-state index contributed by atoms with van der Waals surface area (Å²) in [7, 11) is 0. The number of ether oxygens (including phenoxy) is 2. The van der Waals surface area contributed by atoms with Crippen molar-refractivity contribution < 1.29 is 19.4 Å². The molecular formula is C7H10O4. The van der Waals surface area contributed by atoms with Crippen LogP contribution in [0.1, 0.15) is 0 Å². The summed E-state index contributed by atoms with van der Waals surface area (Å²) in [5.74, 6) is -0.519. The second-order valence-corrected chi connectivity index (χ2v) is 3.05. The molecule has 0 spiro atoms. The lowest BCUT2D eigenvalue weighted by atomic mass is 10.3.